The average Bonchev–Trinajstić information content (AvgIpc) is 2.56. The van der Waals surface area contributed by atoms with Crippen molar-refractivity contribution >= 4 is 21.5 Å². The summed E-state index contributed by atoms with van der Waals surface area (Å²) in [6.45, 7) is 0. The third-order valence-electron chi connectivity index (χ3n) is 3.32. The molecule has 0 aliphatic heterocycles. The van der Waals surface area contributed by atoms with Crippen LogP contribution in [0.5, 0.6) is 0 Å². The molecule has 0 spiro atoms. The molecule has 0 heterocycles. The van der Waals surface area contributed by atoms with Gasteiger partial charge in [-0.3, -0.25) is 0 Å². The standard InChI is InChI=1S/2C10H8.V/c2*1-2-6-10-8-4-3-7-9(10)5-1;/h2*1-8H;. The zero-order valence-electron chi connectivity index (χ0n) is 11.7. The molecule has 101 valence electrons. The van der Waals surface area contributed by atoms with E-state index in [4.69, 9.17) is 0 Å². The summed E-state index contributed by atoms with van der Waals surface area (Å²) in [5, 5.41) is 5.24. The fraction of sp³-hybridized carbons (Fsp3) is 0. The number of hydrogen-bond acceptors (Lipinski definition) is 0. The first-order chi connectivity index (χ1) is 9.93. The fourth-order valence-electron chi connectivity index (χ4n) is 2.27. The number of benzene rings is 4. The van der Waals surface area contributed by atoms with Crippen molar-refractivity contribution in [1.82, 2.24) is 0 Å². The molecule has 4 aromatic carbocycles. The van der Waals surface area contributed by atoms with Crippen LogP contribution in [0.15, 0.2) is 97.1 Å². The summed E-state index contributed by atoms with van der Waals surface area (Å²) in [5.41, 5.74) is 0. The van der Waals surface area contributed by atoms with Crippen molar-refractivity contribution in [3.63, 3.8) is 0 Å². The van der Waals surface area contributed by atoms with Crippen molar-refractivity contribution in [3.8, 4) is 0 Å². The Bertz CT molecular complexity index is 619. The summed E-state index contributed by atoms with van der Waals surface area (Å²) < 4.78 is 0. The van der Waals surface area contributed by atoms with Crippen LogP contribution in [0.2, 0.25) is 0 Å². The third-order valence-corrected chi connectivity index (χ3v) is 3.32. The molecular weight excluding hydrogens is 291 g/mol. The van der Waals surface area contributed by atoms with Crippen LogP contribution >= 0.6 is 0 Å². The Hall–Kier alpha value is -2.02. The molecule has 0 saturated heterocycles. The van der Waals surface area contributed by atoms with E-state index in [1.807, 2.05) is 0 Å². The predicted octanol–water partition coefficient (Wildman–Crippen LogP) is 5.68. The predicted molar refractivity (Wildman–Crippen MR) is 87.9 cm³/mol. The van der Waals surface area contributed by atoms with Crippen LogP contribution in [-0.4, -0.2) is 0 Å². The summed E-state index contributed by atoms with van der Waals surface area (Å²) in [5.74, 6) is 0. The van der Waals surface area contributed by atoms with Gasteiger partial charge < -0.3 is 0 Å². The van der Waals surface area contributed by atoms with Crippen molar-refractivity contribution in [2.24, 2.45) is 0 Å². The van der Waals surface area contributed by atoms with Crippen LogP contribution in [0.3, 0.4) is 0 Å². The largest absolute Gasteiger partial charge is 0.0616 e. The normalized spacial score (nSPS) is 9.52. The van der Waals surface area contributed by atoms with Crippen molar-refractivity contribution in [3.05, 3.63) is 97.1 Å². The zero-order chi connectivity index (χ0) is 13.6. The molecule has 4 aromatic rings. The zero-order valence-corrected chi connectivity index (χ0v) is 13.1. The van der Waals surface area contributed by atoms with Gasteiger partial charge in [0.05, 0.1) is 0 Å². The van der Waals surface area contributed by atoms with Gasteiger partial charge in [0.15, 0.2) is 0 Å². The smallest absolute Gasteiger partial charge is 0 e. The molecule has 0 unspecified atom stereocenters. The van der Waals surface area contributed by atoms with Crippen molar-refractivity contribution in [2.45, 2.75) is 0 Å². The van der Waals surface area contributed by atoms with Gasteiger partial charge in [-0.15, -0.1) is 0 Å². The Morgan fingerprint density at radius 1 is 0.286 bits per heavy atom. The Labute approximate surface area is 137 Å². The molecule has 0 atom stereocenters. The molecule has 1 heteroatoms. The summed E-state index contributed by atoms with van der Waals surface area (Å²) in [6, 6.07) is 33.4. The van der Waals surface area contributed by atoms with Gasteiger partial charge in [-0.1, -0.05) is 97.1 Å². The summed E-state index contributed by atoms with van der Waals surface area (Å²) in [4.78, 5) is 0. The van der Waals surface area contributed by atoms with E-state index in [1.165, 1.54) is 21.5 Å². The first-order valence-corrected chi connectivity index (χ1v) is 6.81. The molecule has 0 fully saturated rings. The van der Waals surface area contributed by atoms with Crippen LogP contribution < -0.4 is 0 Å². The minimum absolute atomic E-state index is 0. The van der Waals surface area contributed by atoms with Crippen LogP contribution in [0.1, 0.15) is 0 Å². The van der Waals surface area contributed by atoms with E-state index in [1.54, 1.807) is 0 Å². The minimum Gasteiger partial charge on any atom is -0.0616 e. The van der Waals surface area contributed by atoms with Crippen LogP contribution in [0, 0.1) is 0 Å². The summed E-state index contributed by atoms with van der Waals surface area (Å²) in [7, 11) is 0. The first kappa shape index (κ1) is 15.4. The fourth-order valence-corrected chi connectivity index (χ4v) is 2.27. The van der Waals surface area contributed by atoms with E-state index in [9.17, 15) is 0 Å². The van der Waals surface area contributed by atoms with E-state index in [0.717, 1.165) is 0 Å². The molecule has 0 amide bonds. The molecule has 0 saturated carbocycles. The van der Waals surface area contributed by atoms with Crippen LogP contribution in [-0.2, 0) is 18.6 Å². The molecule has 4 rings (SSSR count). The molecule has 0 N–H and O–H groups in total. The van der Waals surface area contributed by atoms with Crippen LogP contribution in [0.4, 0.5) is 0 Å². The Morgan fingerprint density at radius 3 is 0.571 bits per heavy atom. The maximum Gasteiger partial charge on any atom is 0 e. The number of fused-ring (bicyclic) bond motifs is 2. The van der Waals surface area contributed by atoms with Gasteiger partial charge in [0.25, 0.3) is 0 Å². The van der Waals surface area contributed by atoms with Gasteiger partial charge in [-0.05, 0) is 21.5 Å². The second kappa shape index (κ2) is 7.68. The van der Waals surface area contributed by atoms with Crippen molar-refractivity contribution < 1.29 is 18.6 Å². The average molecular weight is 307 g/mol. The summed E-state index contributed by atoms with van der Waals surface area (Å²) >= 11 is 0. The maximum absolute atomic E-state index is 2.12. The van der Waals surface area contributed by atoms with E-state index in [2.05, 4.69) is 97.1 Å². The summed E-state index contributed by atoms with van der Waals surface area (Å²) in [6.07, 6.45) is 0. The van der Waals surface area contributed by atoms with Crippen LogP contribution in [0.25, 0.3) is 21.5 Å². The topological polar surface area (TPSA) is 0 Å². The second-order valence-corrected chi connectivity index (χ2v) is 4.69. The molecule has 1 radical (unpaired) electrons. The molecule has 21 heavy (non-hydrogen) atoms. The molecule has 0 nitrogen and oxygen atoms in total. The van der Waals surface area contributed by atoms with E-state index >= 15 is 0 Å². The van der Waals surface area contributed by atoms with Gasteiger partial charge in [0, 0.05) is 18.6 Å². The second-order valence-electron chi connectivity index (χ2n) is 4.69. The Morgan fingerprint density at radius 2 is 0.429 bits per heavy atom. The monoisotopic (exact) mass is 307 g/mol. The molecule has 0 aliphatic carbocycles. The van der Waals surface area contributed by atoms with Crippen molar-refractivity contribution in [1.29, 1.82) is 0 Å². The molecular formula is C20H16V. The van der Waals surface area contributed by atoms with Crippen molar-refractivity contribution in [2.75, 3.05) is 0 Å². The van der Waals surface area contributed by atoms with E-state index in [-0.39, 0.29) is 18.6 Å². The van der Waals surface area contributed by atoms with E-state index in [0.29, 0.717) is 0 Å². The SMILES string of the molecule is [V].c1ccc2ccccc2c1.c1ccc2ccccc2c1. The third kappa shape index (κ3) is 3.98. The Kier molecular flexibility index (Phi) is 5.63. The molecule has 0 aliphatic rings. The van der Waals surface area contributed by atoms with E-state index < -0.39 is 0 Å². The molecule has 0 aromatic heterocycles. The van der Waals surface area contributed by atoms with Gasteiger partial charge in [0.2, 0.25) is 0 Å². The quantitative estimate of drug-likeness (QED) is 0.392. The minimum atomic E-state index is 0. The molecule has 0 bridgehead atoms. The Balaban J connectivity index is 0.000000147. The van der Waals surface area contributed by atoms with Gasteiger partial charge in [0.1, 0.15) is 0 Å². The van der Waals surface area contributed by atoms with Gasteiger partial charge >= 0.3 is 0 Å². The first-order valence-electron chi connectivity index (χ1n) is 6.81. The van der Waals surface area contributed by atoms with Gasteiger partial charge in [-0.25, -0.2) is 0 Å². The number of hydrogen-bond donors (Lipinski definition) is 0. The van der Waals surface area contributed by atoms with Gasteiger partial charge in [-0.2, -0.15) is 0 Å². The maximum atomic E-state index is 2.12. The number of rotatable bonds is 0.